The van der Waals surface area contributed by atoms with Crippen molar-refractivity contribution in [2.45, 2.75) is 44.9 Å². The SMILES string of the molecule is O=C(O)c1ccc2cc(OC=CCCCCCCCCOc3ccc4cc(C(=O)O)ccc4c3)ccc2c1. The summed E-state index contributed by atoms with van der Waals surface area (Å²) in [5.41, 5.74) is 0.567. The lowest BCUT2D eigenvalue weighted by Gasteiger charge is -2.08. The van der Waals surface area contributed by atoms with Crippen molar-refractivity contribution in [1.82, 2.24) is 0 Å². The van der Waals surface area contributed by atoms with Crippen molar-refractivity contribution in [1.29, 1.82) is 0 Å². The maximum absolute atomic E-state index is 11.1. The van der Waals surface area contributed by atoms with Gasteiger partial charge in [-0.15, -0.1) is 0 Å². The molecule has 196 valence electrons. The maximum atomic E-state index is 11.1. The van der Waals surface area contributed by atoms with Crippen LogP contribution in [-0.2, 0) is 0 Å². The summed E-state index contributed by atoms with van der Waals surface area (Å²) in [6.07, 6.45) is 11.5. The monoisotopic (exact) mass is 512 g/mol. The molecular formula is C32H32O6. The molecule has 2 N–H and O–H groups in total. The second-order valence-electron chi connectivity index (χ2n) is 9.31. The van der Waals surface area contributed by atoms with E-state index in [1.807, 2.05) is 48.5 Å². The zero-order valence-electron chi connectivity index (χ0n) is 21.3. The van der Waals surface area contributed by atoms with Crippen LogP contribution in [0.25, 0.3) is 21.5 Å². The lowest BCUT2D eigenvalue weighted by molar-refractivity contribution is 0.0686. The van der Waals surface area contributed by atoms with Gasteiger partial charge in [-0.2, -0.15) is 0 Å². The van der Waals surface area contributed by atoms with Crippen LogP contribution in [0.3, 0.4) is 0 Å². The molecule has 0 unspecified atom stereocenters. The highest BCUT2D eigenvalue weighted by Crippen LogP contribution is 2.24. The topological polar surface area (TPSA) is 93.1 Å². The summed E-state index contributed by atoms with van der Waals surface area (Å²) in [6, 6.07) is 21.5. The minimum Gasteiger partial charge on any atom is -0.494 e. The molecule has 4 aromatic rings. The van der Waals surface area contributed by atoms with Gasteiger partial charge in [-0.25, -0.2) is 9.59 Å². The molecule has 0 atom stereocenters. The Labute approximate surface area is 222 Å². The number of carboxylic acids is 2. The molecule has 0 saturated heterocycles. The van der Waals surface area contributed by atoms with Crippen molar-refractivity contribution >= 4 is 33.5 Å². The fourth-order valence-corrected chi connectivity index (χ4v) is 4.33. The molecule has 0 aliphatic rings. The van der Waals surface area contributed by atoms with Gasteiger partial charge in [0, 0.05) is 0 Å². The average Bonchev–Trinajstić information content (AvgIpc) is 2.92. The van der Waals surface area contributed by atoms with Crippen molar-refractivity contribution in [2.24, 2.45) is 0 Å². The number of hydrogen-bond donors (Lipinski definition) is 2. The highest BCUT2D eigenvalue weighted by molar-refractivity contribution is 5.95. The van der Waals surface area contributed by atoms with Gasteiger partial charge in [-0.05, 0) is 95.4 Å². The molecule has 0 aromatic heterocycles. The van der Waals surface area contributed by atoms with E-state index in [1.165, 1.54) is 19.3 Å². The number of ether oxygens (including phenoxy) is 2. The van der Waals surface area contributed by atoms with Gasteiger partial charge in [0.1, 0.15) is 11.5 Å². The number of allylic oxidation sites excluding steroid dienone is 1. The third-order valence-corrected chi connectivity index (χ3v) is 6.45. The standard InChI is InChI=1S/C32H32O6/c33-31(34)27-11-9-25-21-29(15-13-23(25)19-27)37-17-7-5-3-1-2-4-6-8-18-38-30-16-14-24-20-28(32(35)36)12-10-26(24)22-30/h7,9-17,19-22H,1-6,8,18H2,(H,33,34)(H,35,36). The Morgan fingerprint density at radius 3 is 1.74 bits per heavy atom. The first-order valence-electron chi connectivity index (χ1n) is 13.0. The second-order valence-corrected chi connectivity index (χ2v) is 9.31. The van der Waals surface area contributed by atoms with Gasteiger partial charge >= 0.3 is 11.9 Å². The summed E-state index contributed by atoms with van der Waals surface area (Å²) < 4.78 is 11.6. The van der Waals surface area contributed by atoms with E-state index in [-0.39, 0.29) is 11.1 Å². The zero-order chi connectivity index (χ0) is 26.7. The normalized spacial score (nSPS) is 11.3. The molecule has 0 bridgehead atoms. The van der Waals surface area contributed by atoms with Crippen molar-refractivity contribution in [3.05, 3.63) is 96.3 Å². The van der Waals surface area contributed by atoms with Crippen molar-refractivity contribution < 1.29 is 29.3 Å². The third-order valence-electron chi connectivity index (χ3n) is 6.45. The summed E-state index contributed by atoms with van der Waals surface area (Å²) in [4.78, 5) is 22.2. The van der Waals surface area contributed by atoms with Crippen LogP contribution in [0.15, 0.2) is 85.1 Å². The average molecular weight is 513 g/mol. The highest BCUT2D eigenvalue weighted by Gasteiger charge is 2.05. The molecule has 0 heterocycles. The van der Waals surface area contributed by atoms with E-state index in [1.54, 1.807) is 36.6 Å². The number of fused-ring (bicyclic) bond motifs is 2. The van der Waals surface area contributed by atoms with Gasteiger partial charge in [0.25, 0.3) is 0 Å². The molecule has 6 heteroatoms. The summed E-state index contributed by atoms with van der Waals surface area (Å²) >= 11 is 0. The van der Waals surface area contributed by atoms with E-state index in [0.717, 1.165) is 58.7 Å². The number of benzene rings is 4. The first-order valence-corrected chi connectivity index (χ1v) is 13.0. The number of aromatic carboxylic acids is 2. The number of hydrogen-bond acceptors (Lipinski definition) is 4. The Kier molecular flexibility index (Phi) is 9.35. The van der Waals surface area contributed by atoms with Gasteiger partial charge in [-0.1, -0.05) is 49.9 Å². The molecule has 0 amide bonds. The lowest BCUT2D eigenvalue weighted by atomic mass is 10.1. The predicted molar refractivity (Wildman–Crippen MR) is 149 cm³/mol. The predicted octanol–water partition coefficient (Wildman–Crippen LogP) is 8.09. The first kappa shape index (κ1) is 26.7. The smallest absolute Gasteiger partial charge is 0.335 e. The van der Waals surface area contributed by atoms with Crippen LogP contribution < -0.4 is 9.47 Å². The van der Waals surface area contributed by atoms with Crippen LogP contribution in [0.2, 0.25) is 0 Å². The summed E-state index contributed by atoms with van der Waals surface area (Å²) in [5.74, 6) is -0.306. The number of unbranched alkanes of at least 4 members (excludes halogenated alkanes) is 6. The van der Waals surface area contributed by atoms with Gasteiger partial charge in [0.05, 0.1) is 24.0 Å². The highest BCUT2D eigenvalue weighted by atomic mass is 16.5. The van der Waals surface area contributed by atoms with E-state index in [0.29, 0.717) is 6.61 Å². The zero-order valence-corrected chi connectivity index (χ0v) is 21.3. The van der Waals surface area contributed by atoms with Gasteiger partial charge in [0.15, 0.2) is 0 Å². The summed E-state index contributed by atoms with van der Waals surface area (Å²) in [6.45, 7) is 0.675. The fraction of sp³-hybridized carbons (Fsp3) is 0.250. The summed E-state index contributed by atoms with van der Waals surface area (Å²) in [7, 11) is 0. The van der Waals surface area contributed by atoms with E-state index < -0.39 is 11.9 Å². The van der Waals surface area contributed by atoms with Crippen LogP contribution in [0.1, 0.15) is 65.7 Å². The lowest BCUT2D eigenvalue weighted by Crippen LogP contribution is -1.98. The van der Waals surface area contributed by atoms with E-state index in [9.17, 15) is 9.59 Å². The molecule has 4 aromatic carbocycles. The van der Waals surface area contributed by atoms with Gasteiger partial charge in [-0.3, -0.25) is 0 Å². The van der Waals surface area contributed by atoms with E-state index in [2.05, 4.69) is 0 Å². The molecule has 0 spiro atoms. The molecular weight excluding hydrogens is 480 g/mol. The molecule has 0 aliphatic heterocycles. The largest absolute Gasteiger partial charge is 0.494 e. The van der Waals surface area contributed by atoms with Crippen LogP contribution >= 0.6 is 0 Å². The molecule has 0 saturated carbocycles. The molecule has 0 fully saturated rings. The quantitative estimate of drug-likeness (QED) is 0.131. The van der Waals surface area contributed by atoms with Crippen LogP contribution in [0.4, 0.5) is 0 Å². The Balaban J connectivity index is 1.05. The number of carboxylic acid groups (broad SMARTS) is 2. The second kappa shape index (κ2) is 13.3. The maximum Gasteiger partial charge on any atom is 0.335 e. The van der Waals surface area contributed by atoms with Crippen LogP contribution in [0.5, 0.6) is 11.5 Å². The first-order chi connectivity index (χ1) is 18.5. The van der Waals surface area contributed by atoms with Crippen molar-refractivity contribution in [3.63, 3.8) is 0 Å². The molecule has 38 heavy (non-hydrogen) atoms. The Hall–Kier alpha value is -4.32. The van der Waals surface area contributed by atoms with E-state index in [4.69, 9.17) is 19.7 Å². The summed E-state index contributed by atoms with van der Waals surface area (Å²) in [5, 5.41) is 21.9. The minimum absolute atomic E-state index is 0.278. The van der Waals surface area contributed by atoms with Gasteiger partial charge in [0.2, 0.25) is 0 Å². The molecule has 4 rings (SSSR count). The Morgan fingerprint density at radius 2 is 1.11 bits per heavy atom. The van der Waals surface area contributed by atoms with Crippen LogP contribution in [0, 0.1) is 0 Å². The Bertz CT molecular complexity index is 1440. The van der Waals surface area contributed by atoms with Crippen molar-refractivity contribution in [3.8, 4) is 11.5 Å². The molecule has 6 nitrogen and oxygen atoms in total. The van der Waals surface area contributed by atoms with E-state index >= 15 is 0 Å². The number of carbonyl (C=O) groups is 2. The third kappa shape index (κ3) is 7.59. The molecule has 0 aliphatic carbocycles. The molecule has 0 radical (unpaired) electrons. The fourth-order valence-electron chi connectivity index (χ4n) is 4.33. The van der Waals surface area contributed by atoms with Crippen LogP contribution in [-0.4, -0.2) is 28.8 Å². The number of rotatable bonds is 14. The Morgan fingerprint density at radius 1 is 0.605 bits per heavy atom. The minimum atomic E-state index is -0.928. The van der Waals surface area contributed by atoms with Gasteiger partial charge < -0.3 is 19.7 Å². The van der Waals surface area contributed by atoms with Crippen molar-refractivity contribution in [2.75, 3.05) is 6.61 Å².